The fraction of sp³-hybridized carbons (Fsp3) is 0.933. The number of carbonyl (C=O) groups is 1. The van der Waals surface area contributed by atoms with Crippen molar-refractivity contribution in [1.82, 2.24) is 10.2 Å². The van der Waals surface area contributed by atoms with Crippen LogP contribution in [0.25, 0.3) is 0 Å². The van der Waals surface area contributed by atoms with Crippen molar-refractivity contribution in [3.8, 4) is 0 Å². The highest BCUT2D eigenvalue weighted by Crippen LogP contribution is 2.16. The van der Waals surface area contributed by atoms with Crippen LogP contribution in [0.3, 0.4) is 0 Å². The number of piperidine rings is 1. The first kappa shape index (κ1) is 17.2. The minimum atomic E-state index is -0.422. The van der Waals surface area contributed by atoms with Gasteiger partial charge in [0.15, 0.2) is 0 Å². The topological polar surface area (TPSA) is 50.8 Å². The monoisotopic (exact) mass is 286 g/mol. The Hall–Kier alpha value is -0.810. The minimum Gasteiger partial charge on any atom is -0.444 e. The molecule has 1 fully saturated rings. The molecule has 1 amide bonds. The van der Waals surface area contributed by atoms with E-state index in [0.29, 0.717) is 6.04 Å². The Morgan fingerprint density at radius 2 is 1.75 bits per heavy atom. The standard InChI is InChI=1S/C15H30N2O3/c1-14(2,3)20-13(18)17-9-7-12(8-10-17)16-11-15(4,5)19-6/h12,16H,7-11H2,1-6H3. The minimum absolute atomic E-state index is 0.150. The van der Waals surface area contributed by atoms with E-state index in [2.05, 4.69) is 19.2 Å². The lowest BCUT2D eigenvalue weighted by Crippen LogP contribution is -2.49. The first-order valence-electron chi connectivity index (χ1n) is 7.39. The normalized spacial score (nSPS) is 18.2. The van der Waals surface area contributed by atoms with Crippen LogP contribution in [0.15, 0.2) is 0 Å². The molecular weight excluding hydrogens is 256 g/mol. The van der Waals surface area contributed by atoms with Crippen LogP contribution in [-0.4, -0.2) is 55.0 Å². The number of hydrogen-bond acceptors (Lipinski definition) is 4. The number of rotatable bonds is 4. The van der Waals surface area contributed by atoms with Crippen LogP contribution < -0.4 is 5.32 Å². The summed E-state index contributed by atoms with van der Waals surface area (Å²) in [7, 11) is 1.73. The lowest BCUT2D eigenvalue weighted by Gasteiger charge is -2.35. The molecule has 1 heterocycles. The Balaban J connectivity index is 2.31. The lowest BCUT2D eigenvalue weighted by molar-refractivity contribution is 0.0116. The molecule has 0 saturated carbocycles. The third kappa shape index (κ3) is 6.09. The van der Waals surface area contributed by atoms with Crippen LogP contribution in [0.5, 0.6) is 0 Å². The number of nitrogens with zero attached hydrogens (tertiary/aromatic N) is 1. The molecule has 0 atom stereocenters. The molecule has 1 rings (SSSR count). The zero-order valence-corrected chi connectivity index (χ0v) is 13.8. The average Bonchev–Trinajstić information content (AvgIpc) is 2.35. The highest BCUT2D eigenvalue weighted by Gasteiger charge is 2.27. The molecule has 0 aromatic carbocycles. The molecule has 20 heavy (non-hydrogen) atoms. The molecule has 5 heteroatoms. The number of ether oxygens (including phenoxy) is 2. The molecular formula is C15H30N2O3. The van der Waals surface area contributed by atoms with Gasteiger partial charge in [0.25, 0.3) is 0 Å². The van der Waals surface area contributed by atoms with Gasteiger partial charge in [0.2, 0.25) is 0 Å². The molecule has 0 aromatic rings. The summed E-state index contributed by atoms with van der Waals surface area (Å²) in [6, 6.07) is 0.447. The molecule has 5 nitrogen and oxygen atoms in total. The third-order valence-corrected chi connectivity index (χ3v) is 3.52. The predicted octanol–water partition coefficient (Wildman–Crippen LogP) is 2.40. The van der Waals surface area contributed by atoms with Crippen molar-refractivity contribution < 1.29 is 14.3 Å². The van der Waals surface area contributed by atoms with E-state index in [0.717, 1.165) is 32.5 Å². The summed E-state index contributed by atoms with van der Waals surface area (Å²) in [5.41, 5.74) is -0.572. The van der Waals surface area contributed by atoms with Gasteiger partial charge in [0, 0.05) is 32.8 Å². The van der Waals surface area contributed by atoms with Gasteiger partial charge in [-0.1, -0.05) is 0 Å². The quantitative estimate of drug-likeness (QED) is 0.862. The van der Waals surface area contributed by atoms with Gasteiger partial charge in [-0.15, -0.1) is 0 Å². The van der Waals surface area contributed by atoms with E-state index in [-0.39, 0.29) is 11.7 Å². The second kappa shape index (κ2) is 6.76. The van der Waals surface area contributed by atoms with Gasteiger partial charge in [-0.25, -0.2) is 4.79 Å². The van der Waals surface area contributed by atoms with E-state index in [4.69, 9.17) is 9.47 Å². The van der Waals surface area contributed by atoms with Crippen LogP contribution in [0.1, 0.15) is 47.5 Å². The van der Waals surface area contributed by atoms with Crippen LogP contribution in [0.4, 0.5) is 4.79 Å². The Labute approximate surface area is 123 Å². The van der Waals surface area contributed by atoms with Gasteiger partial charge in [-0.2, -0.15) is 0 Å². The van der Waals surface area contributed by atoms with Gasteiger partial charge in [-0.3, -0.25) is 0 Å². The van der Waals surface area contributed by atoms with Gasteiger partial charge >= 0.3 is 6.09 Å². The summed E-state index contributed by atoms with van der Waals surface area (Å²) in [6.07, 6.45) is 1.71. The number of hydrogen-bond donors (Lipinski definition) is 1. The molecule has 1 aliphatic rings. The largest absolute Gasteiger partial charge is 0.444 e. The fourth-order valence-corrected chi connectivity index (χ4v) is 2.05. The first-order chi connectivity index (χ1) is 9.13. The van der Waals surface area contributed by atoms with Crippen molar-refractivity contribution in [2.45, 2.75) is 64.7 Å². The molecule has 118 valence electrons. The number of methoxy groups -OCH3 is 1. The molecule has 0 aliphatic carbocycles. The maximum Gasteiger partial charge on any atom is 0.410 e. The summed E-state index contributed by atoms with van der Waals surface area (Å²) in [6.45, 7) is 12.1. The fourth-order valence-electron chi connectivity index (χ4n) is 2.05. The molecule has 1 saturated heterocycles. The summed E-state index contributed by atoms with van der Waals surface area (Å²) < 4.78 is 10.8. The van der Waals surface area contributed by atoms with Crippen molar-refractivity contribution in [3.63, 3.8) is 0 Å². The maximum atomic E-state index is 11.9. The molecule has 1 N–H and O–H groups in total. The van der Waals surface area contributed by atoms with Crippen molar-refractivity contribution >= 4 is 6.09 Å². The Bertz CT molecular complexity index is 316. The van der Waals surface area contributed by atoms with Gasteiger partial charge < -0.3 is 19.7 Å². The maximum absolute atomic E-state index is 11.9. The lowest BCUT2D eigenvalue weighted by atomic mass is 10.0. The van der Waals surface area contributed by atoms with Crippen LogP contribution in [0.2, 0.25) is 0 Å². The Kier molecular flexibility index (Phi) is 5.83. The van der Waals surface area contributed by atoms with E-state index >= 15 is 0 Å². The number of carbonyl (C=O) groups excluding carboxylic acids is 1. The van der Waals surface area contributed by atoms with Crippen molar-refractivity contribution in [1.29, 1.82) is 0 Å². The van der Waals surface area contributed by atoms with E-state index in [1.807, 2.05) is 20.8 Å². The zero-order chi connectivity index (χ0) is 15.4. The highest BCUT2D eigenvalue weighted by molar-refractivity contribution is 5.68. The molecule has 0 bridgehead atoms. The van der Waals surface area contributed by atoms with Crippen molar-refractivity contribution in [2.75, 3.05) is 26.7 Å². The Morgan fingerprint density at radius 3 is 2.20 bits per heavy atom. The summed E-state index contributed by atoms with van der Waals surface area (Å²) in [4.78, 5) is 13.7. The van der Waals surface area contributed by atoms with E-state index in [9.17, 15) is 4.79 Å². The third-order valence-electron chi connectivity index (χ3n) is 3.52. The van der Waals surface area contributed by atoms with Crippen molar-refractivity contribution in [2.24, 2.45) is 0 Å². The number of nitrogens with one attached hydrogen (secondary N) is 1. The van der Waals surface area contributed by atoms with Gasteiger partial charge in [0.1, 0.15) is 5.60 Å². The molecule has 0 aromatic heterocycles. The number of amides is 1. The van der Waals surface area contributed by atoms with Gasteiger partial charge in [-0.05, 0) is 47.5 Å². The summed E-state index contributed by atoms with van der Waals surface area (Å²) in [5, 5.41) is 3.52. The Morgan fingerprint density at radius 1 is 1.20 bits per heavy atom. The average molecular weight is 286 g/mol. The van der Waals surface area contributed by atoms with E-state index in [1.54, 1.807) is 12.0 Å². The zero-order valence-electron chi connectivity index (χ0n) is 13.8. The molecule has 0 unspecified atom stereocenters. The van der Waals surface area contributed by atoms with Crippen LogP contribution in [0, 0.1) is 0 Å². The smallest absolute Gasteiger partial charge is 0.410 e. The molecule has 1 aliphatic heterocycles. The van der Waals surface area contributed by atoms with Gasteiger partial charge in [0.05, 0.1) is 5.60 Å². The second-order valence-corrected chi connectivity index (χ2v) is 7.09. The predicted molar refractivity (Wildman–Crippen MR) is 79.9 cm³/mol. The summed E-state index contributed by atoms with van der Waals surface area (Å²) in [5.74, 6) is 0. The highest BCUT2D eigenvalue weighted by atomic mass is 16.6. The molecule has 0 radical (unpaired) electrons. The first-order valence-corrected chi connectivity index (χ1v) is 7.39. The molecule has 0 spiro atoms. The van der Waals surface area contributed by atoms with Crippen LogP contribution >= 0.6 is 0 Å². The van der Waals surface area contributed by atoms with Crippen LogP contribution in [-0.2, 0) is 9.47 Å². The summed E-state index contributed by atoms with van der Waals surface area (Å²) >= 11 is 0. The number of likely N-dealkylation sites (tertiary alicyclic amines) is 1. The van der Waals surface area contributed by atoms with Crippen molar-refractivity contribution in [3.05, 3.63) is 0 Å². The SMILES string of the molecule is COC(C)(C)CNC1CCN(C(=O)OC(C)(C)C)CC1. The second-order valence-electron chi connectivity index (χ2n) is 7.09. The van der Waals surface area contributed by atoms with E-state index in [1.165, 1.54) is 0 Å². The van der Waals surface area contributed by atoms with E-state index < -0.39 is 5.60 Å².